The number of alkyl halides is 3. The average Bonchev–Trinajstić information content (AvgIpc) is 3.06. The first kappa shape index (κ1) is 21.1. The van der Waals surface area contributed by atoms with Gasteiger partial charge in [-0.05, 0) is 25.8 Å². The molecule has 2 heterocycles. The molecular weight excluding hydrogens is 385 g/mol. The summed E-state index contributed by atoms with van der Waals surface area (Å²) in [5, 5.41) is 7.11. The topological polar surface area (TPSA) is 128 Å². The van der Waals surface area contributed by atoms with Crippen LogP contribution in [0.4, 0.5) is 18.0 Å². The fraction of sp³-hybridized carbons (Fsp3) is 0.467. The number of imide groups is 1. The summed E-state index contributed by atoms with van der Waals surface area (Å²) >= 11 is 0. The summed E-state index contributed by atoms with van der Waals surface area (Å²) < 4.78 is 42.1. The number of nitrogens with zero attached hydrogens (tertiary/aromatic N) is 4. The van der Waals surface area contributed by atoms with Crippen molar-refractivity contribution in [3.8, 4) is 0 Å². The summed E-state index contributed by atoms with van der Waals surface area (Å²) in [6, 6.07) is -1.34. The molecule has 13 heteroatoms. The molecular formula is C15H17F3N6O4. The molecule has 0 aliphatic heterocycles. The van der Waals surface area contributed by atoms with Gasteiger partial charge in [-0.25, -0.2) is 14.3 Å². The second kappa shape index (κ2) is 8.63. The third-order valence-corrected chi connectivity index (χ3v) is 3.63. The van der Waals surface area contributed by atoms with Crippen LogP contribution in [0.15, 0.2) is 6.33 Å². The Kier molecular flexibility index (Phi) is 6.49. The van der Waals surface area contributed by atoms with Crippen LogP contribution in [0.5, 0.6) is 0 Å². The third kappa shape index (κ3) is 5.89. The molecule has 2 rings (SSSR count). The van der Waals surface area contributed by atoms with Crippen LogP contribution < -0.4 is 10.6 Å². The standard InChI is InChI=1S/C15H17F3N6O4/c1-8-10(9(2)24-13(22-8)20-7-21-24)3-4-12(26)28-5-11(25)23-14(27)19-6-15(16,17)18/h7H,3-6H2,1-2H3,(H2,19,23,25,27). The number of aromatic nitrogens is 4. The fourth-order valence-corrected chi connectivity index (χ4v) is 2.35. The minimum atomic E-state index is -4.60. The van der Waals surface area contributed by atoms with E-state index in [-0.39, 0.29) is 12.8 Å². The van der Waals surface area contributed by atoms with Crippen LogP contribution in [0, 0.1) is 13.8 Å². The number of fused-ring (bicyclic) bond motifs is 1. The van der Waals surface area contributed by atoms with E-state index in [9.17, 15) is 27.6 Å². The van der Waals surface area contributed by atoms with Crippen molar-refractivity contribution in [2.45, 2.75) is 32.9 Å². The molecule has 2 aromatic heterocycles. The molecule has 152 valence electrons. The molecule has 28 heavy (non-hydrogen) atoms. The lowest BCUT2D eigenvalue weighted by atomic mass is 10.1. The van der Waals surface area contributed by atoms with Crippen molar-refractivity contribution < 1.29 is 32.3 Å². The van der Waals surface area contributed by atoms with Crippen LogP contribution in [0.2, 0.25) is 0 Å². The van der Waals surface area contributed by atoms with Gasteiger partial charge in [0.1, 0.15) is 12.9 Å². The van der Waals surface area contributed by atoms with Crippen molar-refractivity contribution in [3.63, 3.8) is 0 Å². The Morgan fingerprint density at radius 1 is 1.25 bits per heavy atom. The molecule has 10 nitrogen and oxygen atoms in total. The third-order valence-electron chi connectivity index (χ3n) is 3.63. The summed E-state index contributed by atoms with van der Waals surface area (Å²) in [6.45, 7) is 1.17. The van der Waals surface area contributed by atoms with Crippen LogP contribution in [-0.4, -0.2) is 56.8 Å². The van der Waals surface area contributed by atoms with Gasteiger partial charge in [0.2, 0.25) is 0 Å². The molecule has 0 unspecified atom stereocenters. The second-order valence-corrected chi connectivity index (χ2v) is 5.74. The van der Waals surface area contributed by atoms with Gasteiger partial charge in [0.25, 0.3) is 11.7 Å². The van der Waals surface area contributed by atoms with Gasteiger partial charge in [-0.2, -0.15) is 23.3 Å². The number of ether oxygens (including phenoxy) is 1. The van der Waals surface area contributed by atoms with Crippen molar-refractivity contribution in [2.24, 2.45) is 0 Å². The summed E-state index contributed by atoms with van der Waals surface area (Å²) in [4.78, 5) is 42.6. The predicted molar refractivity (Wildman–Crippen MR) is 87.1 cm³/mol. The SMILES string of the molecule is Cc1nc2ncnn2c(C)c1CCC(=O)OCC(=O)NC(=O)NCC(F)(F)F. The number of hydrogen-bond donors (Lipinski definition) is 2. The lowest BCUT2D eigenvalue weighted by Gasteiger charge is -2.11. The molecule has 0 fully saturated rings. The molecule has 0 spiro atoms. The van der Waals surface area contributed by atoms with Gasteiger partial charge < -0.3 is 10.1 Å². The van der Waals surface area contributed by atoms with E-state index in [2.05, 4.69) is 15.1 Å². The summed E-state index contributed by atoms with van der Waals surface area (Å²) in [7, 11) is 0. The van der Waals surface area contributed by atoms with E-state index in [0.29, 0.717) is 11.5 Å². The van der Waals surface area contributed by atoms with Crippen LogP contribution in [-0.2, 0) is 20.7 Å². The van der Waals surface area contributed by atoms with Crippen LogP contribution in [0.1, 0.15) is 23.4 Å². The number of urea groups is 1. The first-order valence-corrected chi connectivity index (χ1v) is 8.02. The van der Waals surface area contributed by atoms with E-state index in [1.54, 1.807) is 19.2 Å². The second-order valence-electron chi connectivity index (χ2n) is 5.74. The number of carbonyl (C=O) groups is 3. The van der Waals surface area contributed by atoms with Gasteiger partial charge in [-0.3, -0.25) is 14.9 Å². The van der Waals surface area contributed by atoms with Crippen molar-refractivity contribution in [2.75, 3.05) is 13.2 Å². The monoisotopic (exact) mass is 402 g/mol. The zero-order valence-electron chi connectivity index (χ0n) is 15.0. The molecule has 3 amide bonds. The number of halogens is 3. The fourth-order valence-electron chi connectivity index (χ4n) is 2.35. The molecule has 2 aromatic rings. The average molecular weight is 402 g/mol. The van der Waals surface area contributed by atoms with Crippen LogP contribution in [0.25, 0.3) is 5.78 Å². The molecule has 0 aliphatic rings. The Hall–Kier alpha value is -3.25. The maximum absolute atomic E-state index is 11.9. The van der Waals surface area contributed by atoms with Gasteiger partial charge >= 0.3 is 18.2 Å². The number of esters is 1. The normalized spacial score (nSPS) is 11.3. The molecule has 0 radical (unpaired) electrons. The Morgan fingerprint density at radius 2 is 1.96 bits per heavy atom. The molecule has 0 aromatic carbocycles. The number of carbonyl (C=O) groups excluding carboxylic acids is 3. The minimum absolute atomic E-state index is 0.0723. The first-order valence-electron chi connectivity index (χ1n) is 8.02. The smallest absolute Gasteiger partial charge is 0.405 e. The highest BCUT2D eigenvalue weighted by Crippen LogP contribution is 2.15. The van der Waals surface area contributed by atoms with Crippen LogP contribution in [0.3, 0.4) is 0 Å². The number of rotatable bonds is 6. The zero-order chi connectivity index (χ0) is 20.9. The molecule has 0 saturated carbocycles. The van der Waals surface area contributed by atoms with E-state index < -0.39 is 37.2 Å². The Labute approximate surface area is 156 Å². The van der Waals surface area contributed by atoms with Crippen LogP contribution >= 0.6 is 0 Å². The van der Waals surface area contributed by atoms with Crippen molar-refractivity contribution in [1.29, 1.82) is 0 Å². The van der Waals surface area contributed by atoms with Crippen molar-refractivity contribution >= 4 is 23.7 Å². The van der Waals surface area contributed by atoms with Gasteiger partial charge in [0.15, 0.2) is 6.61 Å². The van der Waals surface area contributed by atoms with Gasteiger partial charge in [-0.1, -0.05) is 0 Å². The van der Waals surface area contributed by atoms with Gasteiger partial charge in [-0.15, -0.1) is 0 Å². The Bertz CT molecular complexity index is 896. The lowest BCUT2D eigenvalue weighted by molar-refractivity contribution is -0.148. The van der Waals surface area contributed by atoms with Gasteiger partial charge in [0.05, 0.1) is 0 Å². The number of amides is 3. The molecule has 2 N–H and O–H groups in total. The Balaban J connectivity index is 1.79. The highest BCUT2D eigenvalue weighted by molar-refractivity contribution is 5.95. The zero-order valence-corrected chi connectivity index (χ0v) is 15.0. The first-order chi connectivity index (χ1) is 13.1. The molecule has 0 aliphatic carbocycles. The molecule has 0 saturated heterocycles. The van der Waals surface area contributed by atoms with Crippen molar-refractivity contribution in [3.05, 3.63) is 23.3 Å². The van der Waals surface area contributed by atoms with E-state index in [0.717, 1.165) is 11.3 Å². The lowest BCUT2D eigenvalue weighted by Crippen LogP contribution is -2.44. The number of aryl methyl sites for hydroxylation is 2. The predicted octanol–water partition coefficient (Wildman–Crippen LogP) is 0.605. The summed E-state index contributed by atoms with van der Waals surface area (Å²) in [5.74, 6) is -1.34. The number of nitrogens with one attached hydrogen (secondary N) is 2. The highest BCUT2D eigenvalue weighted by Gasteiger charge is 2.28. The largest absolute Gasteiger partial charge is 0.456 e. The van der Waals surface area contributed by atoms with Crippen molar-refractivity contribution in [1.82, 2.24) is 30.2 Å². The van der Waals surface area contributed by atoms with E-state index in [1.165, 1.54) is 16.2 Å². The Morgan fingerprint density at radius 3 is 2.64 bits per heavy atom. The highest BCUT2D eigenvalue weighted by atomic mass is 19.4. The maximum atomic E-state index is 11.9. The molecule has 0 atom stereocenters. The maximum Gasteiger partial charge on any atom is 0.405 e. The minimum Gasteiger partial charge on any atom is -0.456 e. The quantitative estimate of drug-likeness (QED) is 0.678. The van der Waals surface area contributed by atoms with Gasteiger partial charge in [0, 0.05) is 17.8 Å². The summed E-state index contributed by atoms with van der Waals surface area (Å²) in [5.41, 5.74) is 2.20. The number of hydrogen-bond acceptors (Lipinski definition) is 7. The van der Waals surface area contributed by atoms with E-state index >= 15 is 0 Å². The molecule has 0 bridgehead atoms. The van der Waals surface area contributed by atoms with E-state index in [4.69, 9.17) is 4.74 Å². The van der Waals surface area contributed by atoms with E-state index in [1.807, 2.05) is 0 Å². The summed E-state index contributed by atoms with van der Waals surface area (Å²) in [6.07, 6.45) is -3.05.